The number of nitrogens with zero attached hydrogens (tertiary/aromatic N) is 1. The van der Waals surface area contributed by atoms with Crippen LogP contribution in [0.1, 0.15) is 71.6 Å². The Balaban J connectivity index is 1.35. The molecule has 0 bridgehead atoms. The molecule has 0 aromatic rings. The van der Waals surface area contributed by atoms with Crippen molar-refractivity contribution in [2.24, 2.45) is 39.7 Å². The number of Topliss-reactive ketones (excluding diaryl/α,β-unsaturated/α-hetero) is 1. The number of hydrogen-bond donors (Lipinski definition) is 1. The molecule has 154 valence electrons. The largest absolute Gasteiger partial charge is 0.391 e. The lowest BCUT2D eigenvalue weighted by Gasteiger charge is -2.60. The van der Waals surface area contributed by atoms with Crippen LogP contribution in [0.15, 0.2) is 17.3 Å². The minimum atomic E-state index is -0.0717. The molecule has 1 heterocycles. The summed E-state index contributed by atoms with van der Waals surface area (Å²) < 4.78 is 0. The van der Waals surface area contributed by atoms with Crippen LogP contribution in [-0.2, 0) is 9.63 Å². The van der Waals surface area contributed by atoms with Crippen LogP contribution in [0.2, 0.25) is 0 Å². The second-order valence-electron chi connectivity index (χ2n) is 10.8. The normalized spacial score (nSPS) is 49.6. The molecule has 0 aromatic carbocycles. The SMILES string of the molecule is C=C1CC2C/C(=N/OC3CCNC3)CC[C@]2(C)[C@H]2CC[C@]3(C)C(=O)CC[C@H]3[C@H]12. The van der Waals surface area contributed by atoms with Gasteiger partial charge >= 0.3 is 0 Å². The number of rotatable bonds is 2. The Hall–Kier alpha value is -1.16. The average molecular weight is 385 g/mol. The average Bonchev–Trinajstić information content (AvgIpc) is 3.29. The second-order valence-corrected chi connectivity index (χ2v) is 10.8. The number of carbonyl (C=O) groups is 1. The van der Waals surface area contributed by atoms with Crippen LogP contribution in [0, 0.1) is 34.5 Å². The maximum atomic E-state index is 12.6. The Labute approximate surface area is 169 Å². The molecule has 0 amide bonds. The lowest BCUT2D eigenvalue weighted by Crippen LogP contribution is -2.54. The predicted octanol–water partition coefficient (Wildman–Crippen LogP) is 4.50. The van der Waals surface area contributed by atoms with Gasteiger partial charge in [0, 0.05) is 24.8 Å². The standard InChI is InChI=1S/C24H36N2O2/c1-15-12-16-13-17(26-28-18-8-11-25-14-18)6-9-23(16,2)20-7-10-24(3)19(22(15)20)4-5-21(24)27/h16,18-20,22,25H,1,4-14H2,2-3H3/b26-17+/t16?,18?,19-,20-,22-,23-,24-/m0/s1. The molecule has 28 heavy (non-hydrogen) atoms. The van der Waals surface area contributed by atoms with Gasteiger partial charge in [-0.15, -0.1) is 0 Å². The molecule has 5 rings (SSSR count). The third kappa shape index (κ3) is 2.74. The summed E-state index contributed by atoms with van der Waals surface area (Å²) in [7, 11) is 0. The quantitative estimate of drug-likeness (QED) is 0.563. The molecule has 0 radical (unpaired) electrons. The van der Waals surface area contributed by atoms with Crippen molar-refractivity contribution in [2.75, 3.05) is 13.1 Å². The van der Waals surface area contributed by atoms with Gasteiger partial charge in [-0.05, 0) is 80.6 Å². The van der Waals surface area contributed by atoms with E-state index < -0.39 is 0 Å². The molecule has 4 saturated carbocycles. The minimum Gasteiger partial charge on any atom is -0.391 e. The Bertz CT molecular complexity index is 709. The van der Waals surface area contributed by atoms with Gasteiger partial charge in [0.2, 0.25) is 0 Å². The summed E-state index contributed by atoms with van der Waals surface area (Å²) in [5.41, 5.74) is 2.99. The summed E-state index contributed by atoms with van der Waals surface area (Å²) >= 11 is 0. The number of nitrogens with one attached hydrogen (secondary N) is 1. The molecule has 4 nitrogen and oxygen atoms in total. The molecule has 4 aliphatic carbocycles. The van der Waals surface area contributed by atoms with Crippen LogP contribution < -0.4 is 5.32 Å². The van der Waals surface area contributed by atoms with Crippen LogP contribution in [0.3, 0.4) is 0 Å². The van der Waals surface area contributed by atoms with Crippen molar-refractivity contribution in [1.29, 1.82) is 0 Å². The number of ketones is 1. The summed E-state index contributed by atoms with van der Waals surface area (Å²) in [6.07, 6.45) is 9.96. The zero-order valence-corrected chi connectivity index (χ0v) is 17.6. The van der Waals surface area contributed by atoms with Crippen molar-refractivity contribution in [2.45, 2.75) is 77.7 Å². The molecule has 0 aromatic heterocycles. The summed E-state index contributed by atoms with van der Waals surface area (Å²) in [5.74, 6) is 2.96. The topological polar surface area (TPSA) is 50.7 Å². The van der Waals surface area contributed by atoms with Crippen molar-refractivity contribution >= 4 is 11.5 Å². The number of carbonyl (C=O) groups excluding carboxylic acids is 1. The van der Waals surface area contributed by atoms with Gasteiger partial charge in [0.1, 0.15) is 11.9 Å². The van der Waals surface area contributed by atoms with Gasteiger partial charge in [0.25, 0.3) is 0 Å². The van der Waals surface area contributed by atoms with Gasteiger partial charge in [-0.2, -0.15) is 0 Å². The fourth-order valence-corrected chi connectivity index (χ4v) is 7.66. The van der Waals surface area contributed by atoms with E-state index in [4.69, 9.17) is 4.84 Å². The molecule has 5 fully saturated rings. The summed E-state index contributed by atoms with van der Waals surface area (Å²) in [6.45, 7) is 11.3. The van der Waals surface area contributed by atoms with E-state index in [1.807, 2.05) is 0 Å². The van der Waals surface area contributed by atoms with Gasteiger partial charge < -0.3 is 10.2 Å². The number of hydrogen-bond acceptors (Lipinski definition) is 4. The van der Waals surface area contributed by atoms with Crippen molar-refractivity contribution in [3.05, 3.63) is 12.2 Å². The van der Waals surface area contributed by atoms with E-state index in [9.17, 15) is 4.79 Å². The van der Waals surface area contributed by atoms with Gasteiger partial charge in [-0.3, -0.25) is 4.79 Å². The first-order valence-electron chi connectivity index (χ1n) is 11.5. The van der Waals surface area contributed by atoms with Crippen LogP contribution in [-0.4, -0.2) is 30.7 Å². The number of allylic oxidation sites excluding steroid dienone is 1. The van der Waals surface area contributed by atoms with E-state index in [-0.39, 0.29) is 11.5 Å². The summed E-state index contributed by atoms with van der Waals surface area (Å²) in [4.78, 5) is 18.5. The number of oxime groups is 1. The maximum Gasteiger partial charge on any atom is 0.141 e. The fourth-order valence-electron chi connectivity index (χ4n) is 7.66. The van der Waals surface area contributed by atoms with E-state index >= 15 is 0 Å². The molecule has 1 N–H and O–H groups in total. The molecule has 1 aliphatic heterocycles. The minimum absolute atomic E-state index is 0.0717. The Kier molecular flexibility index (Phi) is 4.50. The molecule has 1 saturated heterocycles. The van der Waals surface area contributed by atoms with E-state index in [0.717, 1.165) is 58.0 Å². The zero-order chi connectivity index (χ0) is 19.5. The fraction of sp³-hybridized carbons (Fsp3) is 0.833. The first kappa shape index (κ1) is 18.8. The second kappa shape index (κ2) is 6.68. The van der Waals surface area contributed by atoms with Crippen molar-refractivity contribution in [3.63, 3.8) is 0 Å². The summed E-state index contributed by atoms with van der Waals surface area (Å²) in [5, 5.41) is 7.94. The lowest BCUT2D eigenvalue weighted by atomic mass is 9.44. The smallest absolute Gasteiger partial charge is 0.141 e. The highest BCUT2D eigenvalue weighted by molar-refractivity contribution is 5.87. The first-order chi connectivity index (χ1) is 13.4. The van der Waals surface area contributed by atoms with Crippen molar-refractivity contribution in [1.82, 2.24) is 5.32 Å². The first-order valence-corrected chi connectivity index (χ1v) is 11.5. The highest BCUT2D eigenvalue weighted by Gasteiger charge is 2.61. The molecular weight excluding hydrogens is 348 g/mol. The van der Waals surface area contributed by atoms with Crippen LogP contribution >= 0.6 is 0 Å². The van der Waals surface area contributed by atoms with Crippen LogP contribution in [0.5, 0.6) is 0 Å². The van der Waals surface area contributed by atoms with E-state index in [0.29, 0.717) is 34.9 Å². The Morgan fingerprint density at radius 1 is 1.11 bits per heavy atom. The molecule has 5 aliphatic rings. The lowest BCUT2D eigenvalue weighted by molar-refractivity contribution is -0.133. The third-order valence-corrected chi connectivity index (χ3v) is 9.52. The third-order valence-electron chi connectivity index (χ3n) is 9.52. The monoisotopic (exact) mass is 384 g/mol. The molecular formula is C24H36N2O2. The predicted molar refractivity (Wildman–Crippen MR) is 111 cm³/mol. The molecule has 7 atom stereocenters. The van der Waals surface area contributed by atoms with Gasteiger partial charge in [-0.25, -0.2) is 0 Å². The highest BCUT2D eigenvalue weighted by Crippen LogP contribution is 2.66. The Morgan fingerprint density at radius 3 is 2.75 bits per heavy atom. The van der Waals surface area contributed by atoms with Gasteiger partial charge in [0.05, 0.1) is 5.71 Å². The van der Waals surface area contributed by atoms with Crippen LogP contribution in [0.25, 0.3) is 0 Å². The number of fused-ring (bicyclic) bond motifs is 5. The molecule has 4 heteroatoms. The van der Waals surface area contributed by atoms with Gasteiger partial charge in [-0.1, -0.05) is 31.2 Å². The highest BCUT2D eigenvalue weighted by atomic mass is 16.6. The maximum absolute atomic E-state index is 12.6. The summed E-state index contributed by atoms with van der Waals surface area (Å²) in [6, 6.07) is 0. The Morgan fingerprint density at radius 2 is 1.96 bits per heavy atom. The van der Waals surface area contributed by atoms with E-state index in [1.165, 1.54) is 24.1 Å². The van der Waals surface area contributed by atoms with Crippen molar-refractivity contribution < 1.29 is 9.63 Å². The van der Waals surface area contributed by atoms with E-state index in [1.54, 1.807) is 0 Å². The van der Waals surface area contributed by atoms with Crippen molar-refractivity contribution in [3.8, 4) is 0 Å². The van der Waals surface area contributed by atoms with Gasteiger partial charge in [0.15, 0.2) is 0 Å². The zero-order valence-electron chi connectivity index (χ0n) is 17.6. The molecule has 2 unspecified atom stereocenters. The van der Waals surface area contributed by atoms with Crippen LogP contribution in [0.4, 0.5) is 0 Å². The molecule has 0 spiro atoms. The van der Waals surface area contributed by atoms with E-state index in [2.05, 4.69) is 30.9 Å².